The molecule has 3 fully saturated rings. The second kappa shape index (κ2) is 5.89. The second-order valence-corrected chi connectivity index (χ2v) is 8.74. The number of carbonyl (C=O) groups is 3. The zero-order chi connectivity index (χ0) is 20.8. The van der Waals surface area contributed by atoms with E-state index in [-0.39, 0.29) is 17.9 Å². The van der Waals surface area contributed by atoms with Crippen LogP contribution >= 0.6 is 11.6 Å². The normalized spacial score (nSPS) is 32.0. The highest BCUT2D eigenvalue weighted by Gasteiger charge is 2.74. The maximum absolute atomic E-state index is 13.7. The monoisotopic (exact) mass is 425 g/mol. The summed E-state index contributed by atoms with van der Waals surface area (Å²) >= 11 is 6.27. The number of benzene rings is 2. The first-order chi connectivity index (χ1) is 14.4. The molecule has 4 aliphatic heterocycles. The Kier molecular flexibility index (Phi) is 3.54. The van der Waals surface area contributed by atoms with Crippen LogP contribution in [0.25, 0.3) is 0 Å². The molecule has 1 N–H and O–H groups in total. The van der Waals surface area contributed by atoms with E-state index in [1.165, 1.54) is 24.3 Å². The Balaban J connectivity index is 1.56. The lowest BCUT2D eigenvalue weighted by molar-refractivity contribution is -0.135. The fourth-order valence-electron chi connectivity index (χ4n) is 6.02. The number of nitrogens with zero attached hydrogens (tertiary/aromatic N) is 2. The molecule has 152 valence electrons. The SMILES string of the molecule is O=C1[C@H]2[C@H]3CCCN3[C@]3(C(=O)Nc4ccc(Cl)cc43)[C@@H]2C(=O)N1c1ccc(F)cc1. The quantitative estimate of drug-likeness (QED) is 0.713. The lowest BCUT2D eigenvalue weighted by Gasteiger charge is -2.36. The lowest BCUT2D eigenvalue weighted by Crippen LogP contribution is -2.54. The molecular formula is C22H17ClFN3O3. The van der Waals surface area contributed by atoms with E-state index in [0.29, 0.717) is 28.5 Å². The number of hydrogen-bond donors (Lipinski definition) is 1. The molecule has 6 nitrogen and oxygen atoms in total. The predicted molar refractivity (Wildman–Crippen MR) is 107 cm³/mol. The van der Waals surface area contributed by atoms with Gasteiger partial charge in [-0.3, -0.25) is 19.3 Å². The summed E-state index contributed by atoms with van der Waals surface area (Å²) in [5, 5.41) is 3.38. The van der Waals surface area contributed by atoms with Crippen molar-refractivity contribution in [3.05, 3.63) is 58.9 Å². The number of halogens is 2. The minimum Gasteiger partial charge on any atom is -0.324 e. The van der Waals surface area contributed by atoms with Crippen molar-refractivity contribution in [1.82, 2.24) is 4.90 Å². The molecule has 0 bridgehead atoms. The summed E-state index contributed by atoms with van der Waals surface area (Å²) in [6.07, 6.45) is 1.58. The Bertz CT molecular complexity index is 1140. The second-order valence-electron chi connectivity index (χ2n) is 8.31. The van der Waals surface area contributed by atoms with Crippen molar-refractivity contribution in [2.24, 2.45) is 11.8 Å². The maximum Gasteiger partial charge on any atom is 0.250 e. The van der Waals surface area contributed by atoms with E-state index in [1.807, 2.05) is 4.90 Å². The lowest BCUT2D eigenvalue weighted by atomic mass is 9.75. The Labute approximate surface area is 176 Å². The Hall–Kier alpha value is -2.77. The van der Waals surface area contributed by atoms with E-state index >= 15 is 0 Å². The minimum atomic E-state index is -1.26. The van der Waals surface area contributed by atoms with Gasteiger partial charge in [-0.25, -0.2) is 9.29 Å². The van der Waals surface area contributed by atoms with Crippen molar-refractivity contribution in [2.45, 2.75) is 24.4 Å². The van der Waals surface area contributed by atoms with Crippen LogP contribution in [0.3, 0.4) is 0 Å². The molecule has 0 aromatic heterocycles. The maximum atomic E-state index is 13.7. The van der Waals surface area contributed by atoms with Crippen molar-refractivity contribution in [2.75, 3.05) is 16.8 Å². The molecule has 3 amide bonds. The van der Waals surface area contributed by atoms with Gasteiger partial charge in [0.2, 0.25) is 17.7 Å². The standard InChI is InChI=1S/C22H17ClFN3O3/c23-11-3-8-15-14(10-11)22(21(30)25-15)18-17(16-2-1-9-26(16)22)19(28)27(20(18)29)13-6-4-12(24)5-7-13/h3-8,10,16-18H,1-2,9H2,(H,25,30)/t16-,17+,18+,22+/m1/s1. The molecule has 3 saturated heterocycles. The van der Waals surface area contributed by atoms with Gasteiger partial charge in [0.05, 0.1) is 17.5 Å². The molecule has 4 heterocycles. The first-order valence-corrected chi connectivity index (χ1v) is 10.3. The molecule has 1 spiro atoms. The summed E-state index contributed by atoms with van der Waals surface area (Å²) in [5.74, 6) is -2.96. The van der Waals surface area contributed by atoms with Gasteiger partial charge in [-0.2, -0.15) is 0 Å². The summed E-state index contributed by atoms with van der Waals surface area (Å²) in [6, 6.07) is 10.2. The third-order valence-corrected chi connectivity index (χ3v) is 7.27. The molecular weight excluding hydrogens is 409 g/mol. The van der Waals surface area contributed by atoms with Crippen LogP contribution in [0.2, 0.25) is 5.02 Å². The fraction of sp³-hybridized carbons (Fsp3) is 0.318. The van der Waals surface area contributed by atoms with Crippen LogP contribution in [0.15, 0.2) is 42.5 Å². The van der Waals surface area contributed by atoms with Crippen molar-refractivity contribution in [1.29, 1.82) is 0 Å². The van der Waals surface area contributed by atoms with Gasteiger partial charge in [0.25, 0.3) is 0 Å². The van der Waals surface area contributed by atoms with Crippen LogP contribution in [0.5, 0.6) is 0 Å². The van der Waals surface area contributed by atoms with Gasteiger partial charge in [-0.1, -0.05) is 11.6 Å². The minimum absolute atomic E-state index is 0.201. The predicted octanol–water partition coefficient (Wildman–Crippen LogP) is 2.91. The highest BCUT2D eigenvalue weighted by atomic mass is 35.5. The topological polar surface area (TPSA) is 69.7 Å². The van der Waals surface area contributed by atoms with E-state index < -0.39 is 29.1 Å². The Morgan fingerprint density at radius 2 is 1.83 bits per heavy atom. The number of carbonyl (C=O) groups excluding carboxylic acids is 3. The van der Waals surface area contributed by atoms with Crippen molar-refractivity contribution < 1.29 is 18.8 Å². The molecule has 6 rings (SSSR count). The zero-order valence-electron chi connectivity index (χ0n) is 15.8. The molecule has 2 aromatic rings. The van der Waals surface area contributed by atoms with E-state index in [9.17, 15) is 18.8 Å². The van der Waals surface area contributed by atoms with Gasteiger partial charge in [0, 0.05) is 22.3 Å². The van der Waals surface area contributed by atoms with Gasteiger partial charge in [-0.15, -0.1) is 0 Å². The van der Waals surface area contributed by atoms with Gasteiger partial charge in [0.15, 0.2) is 0 Å². The van der Waals surface area contributed by atoms with Gasteiger partial charge < -0.3 is 5.32 Å². The molecule has 4 aliphatic rings. The Morgan fingerprint density at radius 1 is 1.07 bits per heavy atom. The number of rotatable bonds is 1. The molecule has 30 heavy (non-hydrogen) atoms. The number of imide groups is 1. The highest BCUT2D eigenvalue weighted by molar-refractivity contribution is 6.31. The van der Waals surface area contributed by atoms with Crippen molar-refractivity contribution in [3.8, 4) is 0 Å². The third-order valence-electron chi connectivity index (χ3n) is 7.04. The first-order valence-electron chi connectivity index (χ1n) is 9.96. The average molecular weight is 426 g/mol. The number of amides is 3. The summed E-state index contributed by atoms with van der Waals surface area (Å²) < 4.78 is 13.4. The molecule has 0 aliphatic carbocycles. The summed E-state index contributed by atoms with van der Waals surface area (Å²) in [7, 11) is 0. The van der Waals surface area contributed by atoms with Crippen LogP contribution in [-0.4, -0.2) is 35.2 Å². The molecule has 0 radical (unpaired) electrons. The van der Waals surface area contributed by atoms with E-state index in [0.717, 1.165) is 17.7 Å². The van der Waals surface area contributed by atoms with Crippen LogP contribution in [0, 0.1) is 17.7 Å². The van der Waals surface area contributed by atoms with Gasteiger partial charge in [-0.05, 0) is 61.9 Å². The largest absolute Gasteiger partial charge is 0.324 e. The summed E-state index contributed by atoms with van der Waals surface area (Å²) in [5.41, 5.74) is 0.344. The molecule has 0 saturated carbocycles. The summed E-state index contributed by atoms with van der Waals surface area (Å²) in [6.45, 7) is 0.633. The van der Waals surface area contributed by atoms with Crippen LogP contribution in [0.1, 0.15) is 18.4 Å². The highest BCUT2D eigenvalue weighted by Crippen LogP contribution is 2.60. The van der Waals surface area contributed by atoms with Crippen LogP contribution < -0.4 is 10.2 Å². The molecule has 2 aromatic carbocycles. The molecule has 4 atom stereocenters. The molecule has 0 unspecified atom stereocenters. The Morgan fingerprint density at radius 3 is 2.60 bits per heavy atom. The number of hydrogen-bond acceptors (Lipinski definition) is 4. The van der Waals surface area contributed by atoms with Crippen LogP contribution in [0.4, 0.5) is 15.8 Å². The van der Waals surface area contributed by atoms with Gasteiger partial charge >= 0.3 is 0 Å². The smallest absolute Gasteiger partial charge is 0.250 e. The number of fused-ring (bicyclic) bond motifs is 7. The summed E-state index contributed by atoms with van der Waals surface area (Å²) in [4.78, 5) is 43.8. The van der Waals surface area contributed by atoms with Crippen LogP contribution in [-0.2, 0) is 19.9 Å². The number of anilines is 2. The fourth-order valence-corrected chi connectivity index (χ4v) is 6.19. The van der Waals surface area contributed by atoms with Crippen molar-refractivity contribution >= 4 is 40.7 Å². The molecule has 8 heteroatoms. The van der Waals surface area contributed by atoms with E-state index in [4.69, 9.17) is 11.6 Å². The van der Waals surface area contributed by atoms with Crippen molar-refractivity contribution in [3.63, 3.8) is 0 Å². The number of nitrogens with one attached hydrogen (secondary N) is 1. The van der Waals surface area contributed by atoms with E-state index in [1.54, 1.807) is 18.2 Å². The third kappa shape index (κ3) is 1.99. The zero-order valence-corrected chi connectivity index (χ0v) is 16.5. The van der Waals surface area contributed by atoms with Gasteiger partial charge in [0.1, 0.15) is 11.4 Å². The average Bonchev–Trinajstić information content (AvgIpc) is 3.42. The first kappa shape index (κ1) is 18.0. The van der Waals surface area contributed by atoms with E-state index in [2.05, 4.69) is 5.32 Å².